The topological polar surface area (TPSA) is 153 Å². The van der Waals surface area contributed by atoms with Crippen molar-refractivity contribution in [2.24, 2.45) is 0 Å². The largest absolute Gasteiger partial charge is 0.334 e. The van der Waals surface area contributed by atoms with E-state index in [0.717, 1.165) is 12.5 Å². The standard InChI is InChI=1S/C14H14Br2N8O4S2/c1-29(25,26)13-21-9-12(20-8(16)5-17-9)24(13)4-3-23-11-10(19-7(15)6-18-11)22-14(23)30(2,27)28/h5-6,14H,3-4H2,1-2H3,(H,19,22). The van der Waals surface area contributed by atoms with E-state index in [0.29, 0.717) is 20.8 Å². The summed E-state index contributed by atoms with van der Waals surface area (Å²) in [5.74, 6) is 0.646. The van der Waals surface area contributed by atoms with Crippen LogP contribution in [-0.4, -0.2) is 70.9 Å². The fourth-order valence-corrected chi connectivity index (χ4v) is 5.46. The van der Waals surface area contributed by atoms with Crippen molar-refractivity contribution in [3.05, 3.63) is 21.6 Å². The van der Waals surface area contributed by atoms with Crippen LogP contribution in [0.5, 0.6) is 0 Å². The number of anilines is 2. The van der Waals surface area contributed by atoms with Crippen LogP contribution >= 0.6 is 31.9 Å². The third kappa shape index (κ3) is 3.88. The molecule has 1 aliphatic heterocycles. The molecule has 1 atom stereocenters. The molecule has 0 bridgehead atoms. The minimum atomic E-state index is -3.69. The molecule has 30 heavy (non-hydrogen) atoms. The van der Waals surface area contributed by atoms with Crippen LogP contribution in [-0.2, 0) is 26.2 Å². The van der Waals surface area contributed by atoms with Gasteiger partial charge in [-0.25, -0.2) is 36.8 Å². The zero-order valence-corrected chi connectivity index (χ0v) is 20.3. The highest BCUT2D eigenvalue weighted by molar-refractivity contribution is 9.10. The smallest absolute Gasteiger partial charge is 0.231 e. The van der Waals surface area contributed by atoms with E-state index in [2.05, 4.69) is 62.1 Å². The van der Waals surface area contributed by atoms with Crippen molar-refractivity contribution >= 4 is 74.5 Å². The second kappa shape index (κ2) is 7.35. The summed E-state index contributed by atoms with van der Waals surface area (Å²) in [4.78, 5) is 22.5. The van der Waals surface area contributed by atoms with Gasteiger partial charge in [0, 0.05) is 25.6 Å². The van der Waals surface area contributed by atoms with Gasteiger partial charge in [0.1, 0.15) is 9.21 Å². The van der Waals surface area contributed by atoms with Gasteiger partial charge in [-0.1, -0.05) is 0 Å². The molecule has 3 aromatic rings. The van der Waals surface area contributed by atoms with Gasteiger partial charge in [0.05, 0.1) is 12.4 Å². The van der Waals surface area contributed by atoms with Crippen LogP contribution in [0.1, 0.15) is 0 Å². The molecule has 0 fully saturated rings. The molecule has 4 heterocycles. The molecular weight excluding hydrogens is 568 g/mol. The maximum absolute atomic E-state index is 12.3. The van der Waals surface area contributed by atoms with Gasteiger partial charge in [0.2, 0.25) is 20.5 Å². The molecule has 0 amide bonds. The van der Waals surface area contributed by atoms with Crippen LogP contribution in [0.3, 0.4) is 0 Å². The molecule has 0 radical (unpaired) electrons. The van der Waals surface area contributed by atoms with Crippen molar-refractivity contribution in [3.63, 3.8) is 0 Å². The first kappa shape index (κ1) is 21.3. The molecule has 0 aromatic carbocycles. The second-order valence-corrected chi connectivity index (χ2v) is 12.2. The summed E-state index contributed by atoms with van der Waals surface area (Å²) in [6.45, 7) is 0.158. The highest BCUT2D eigenvalue weighted by Crippen LogP contribution is 2.33. The molecule has 3 aromatic heterocycles. The summed E-state index contributed by atoms with van der Waals surface area (Å²) in [5, 5.41) is 2.63. The zero-order valence-electron chi connectivity index (χ0n) is 15.5. The summed E-state index contributed by atoms with van der Waals surface area (Å²) >= 11 is 6.43. The van der Waals surface area contributed by atoms with Gasteiger partial charge in [0.25, 0.3) is 0 Å². The number of rotatable bonds is 5. The van der Waals surface area contributed by atoms with E-state index >= 15 is 0 Å². The van der Waals surface area contributed by atoms with Gasteiger partial charge in [-0.15, -0.1) is 0 Å². The monoisotopic (exact) mass is 580 g/mol. The number of hydrogen-bond donors (Lipinski definition) is 1. The number of nitrogens with one attached hydrogen (secondary N) is 1. The number of aromatic nitrogens is 6. The van der Waals surface area contributed by atoms with Crippen LogP contribution in [0.25, 0.3) is 11.3 Å². The Kier molecular flexibility index (Phi) is 5.22. The molecule has 1 aliphatic rings. The van der Waals surface area contributed by atoms with Gasteiger partial charge in [-0.2, -0.15) is 4.98 Å². The molecule has 4 rings (SSSR count). The number of halogens is 2. The van der Waals surface area contributed by atoms with E-state index in [9.17, 15) is 16.8 Å². The third-order valence-corrected chi connectivity index (χ3v) is 7.16. The predicted octanol–water partition coefficient (Wildman–Crippen LogP) is 0.805. The average molecular weight is 582 g/mol. The summed E-state index contributed by atoms with van der Waals surface area (Å²) in [6.07, 6.45) is 5.00. The molecule has 16 heteroatoms. The second-order valence-electron chi connectivity index (χ2n) is 6.54. The molecule has 1 N–H and O–H groups in total. The summed E-state index contributed by atoms with van der Waals surface area (Å²) < 4.78 is 51.4. The Morgan fingerprint density at radius 3 is 2.33 bits per heavy atom. The molecule has 12 nitrogen and oxygen atoms in total. The number of sulfone groups is 2. The Hall–Kier alpha value is -1.91. The maximum atomic E-state index is 12.3. The lowest BCUT2D eigenvalue weighted by molar-refractivity contribution is 0.557. The Morgan fingerprint density at radius 1 is 1.00 bits per heavy atom. The van der Waals surface area contributed by atoms with E-state index in [1.165, 1.54) is 21.9 Å². The first-order valence-electron chi connectivity index (χ1n) is 8.28. The van der Waals surface area contributed by atoms with Gasteiger partial charge in [0.15, 0.2) is 32.8 Å². The lowest BCUT2D eigenvalue weighted by atomic mass is 10.5. The Bertz CT molecular complexity index is 1380. The summed E-state index contributed by atoms with van der Waals surface area (Å²) in [5.41, 5.74) is -0.673. The van der Waals surface area contributed by atoms with E-state index in [1.54, 1.807) is 0 Å². The number of fused-ring (bicyclic) bond motifs is 2. The van der Waals surface area contributed by atoms with Crippen molar-refractivity contribution in [2.45, 2.75) is 17.2 Å². The van der Waals surface area contributed by atoms with E-state index in [-0.39, 0.29) is 29.5 Å². The van der Waals surface area contributed by atoms with Crippen LogP contribution < -0.4 is 10.2 Å². The molecule has 0 saturated carbocycles. The average Bonchev–Trinajstić information content (AvgIpc) is 3.17. The quantitative estimate of drug-likeness (QED) is 0.455. The number of imidazole rings is 1. The first-order chi connectivity index (χ1) is 13.9. The molecule has 0 saturated heterocycles. The molecular formula is C14H14Br2N8O4S2. The molecule has 1 unspecified atom stereocenters. The number of hydrogen-bond acceptors (Lipinski definition) is 11. The van der Waals surface area contributed by atoms with Crippen molar-refractivity contribution in [3.8, 4) is 0 Å². The van der Waals surface area contributed by atoms with E-state index in [4.69, 9.17) is 0 Å². The van der Waals surface area contributed by atoms with E-state index < -0.39 is 25.2 Å². The minimum absolute atomic E-state index is 0.0644. The molecule has 0 aliphatic carbocycles. The van der Waals surface area contributed by atoms with Crippen molar-refractivity contribution < 1.29 is 16.8 Å². The lowest BCUT2D eigenvalue weighted by Gasteiger charge is -2.24. The molecule has 160 valence electrons. The third-order valence-electron chi connectivity index (χ3n) is 4.24. The minimum Gasteiger partial charge on any atom is -0.334 e. The highest BCUT2D eigenvalue weighted by atomic mass is 79.9. The lowest BCUT2D eigenvalue weighted by Crippen LogP contribution is -2.43. The van der Waals surface area contributed by atoms with Crippen LogP contribution in [0.2, 0.25) is 0 Å². The fourth-order valence-electron chi connectivity index (χ4n) is 3.08. The predicted molar refractivity (Wildman–Crippen MR) is 115 cm³/mol. The van der Waals surface area contributed by atoms with Gasteiger partial charge >= 0.3 is 0 Å². The Balaban J connectivity index is 1.77. The van der Waals surface area contributed by atoms with Crippen molar-refractivity contribution in [1.29, 1.82) is 0 Å². The summed E-state index contributed by atoms with van der Waals surface area (Å²) in [7, 11) is -7.26. The van der Waals surface area contributed by atoms with Gasteiger partial charge in [-0.05, 0) is 31.9 Å². The Morgan fingerprint density at radius 2 is 1.67 bits per heavy atom. The fraction of sp³-hybridized carbons (Fsp3) is 0.357. The Labute approximate surface area is 188 Å². The van der Waals surface area contributed by atoms with Gasteiger partial charge < -0.3 is 10.2 Å². The SMILES string of the molecule is CS(=O)(=O)c1nc2ncc(Br)nc2n1CCN1c2ncc(Br)nc2NC1S(C)(=O)=O. The normalized spacial score (nSPS) is 16.7. The van der Waals surface area contributed by atoms with Crippen molar-refractivity contribution in [2.75, 3.05) is 29.3 Å². The maximum Gasteiger partial charge on any atom is 0.231 e. The van der Waals surface area contributed by atoms with Gasteiger partial charge in [-0.3, -0.25) is 4.57 Å². The highest BCUT2D eigenvalue weighted by Gasteiger charge is 2.38. The summed E-state index contributed by atoms with van der Waals surface area (Å²) in [6, 6.07) is 0. The van der Waals surface area contributed by atoms with Crippen LogP contribution in [0.4, 0.5) is 11.6 Å². The number of nitrogens with zero attached hydrogens (tertiary/aromatic N) is 7. The van der Waals surface area contributed by atoms with Crippen LogP contribution in [0, 0.1) is 0 Å². The molecule has 0 spiro atoms. The van der Waals surface area contributed by atoms with E-state index in [1.807, 2.05) is 0 Å². The zero-order chi connectivity index (χ0) is 21.8. The van der Waals surface area contributed by atoms with Crippen LogP contribution in [0.15, 0.2) is 26.8 Å². The first-order valence-corrected chi connectivity index (χ1v) is 13.7. The van der Waals surface area contributed by atoms with Crippen molar-refractivity contribution in [1.82, 2.24) is 29.5 Å².